The van der Waals surface area contributed by atoms with Gasteiger partial charge in [0.1, 0.15) is 17.0 Å². The molecular weight excluding hydrogens is 346 g/mol. The summed E-state index contributed by atoms with van der Waals surface area (Å²) in [5.74, 6) is 0.173. The molecule has 3 heterocycles. The number of nitrogens with two attached hydrogens (primary N) is 1. The number of allylic oxidation sites excluding steroid dienone is 1. The van der Waals surface area contributed by atoms with Gasteiger partial charge in [-0.15, -0.1) is 0 Å². The molecule has 0 aromatic carbocycles. The molecule has 1 aliphatic rings. The van der Waals surface area contributed by atoms with Crippen LogP contribution in [0.2, 0.25) is 0 Å². The molecule has 1 amide bonds. The molecule has 0 atom stereocenters. The van der Waals surface area contributed by atoms with Crippen molar-refractivity contribution in [2.24, 2.45) is 10.7 Å². The van der Waals surface area contributed by atoms with Crippen LogP contribution in [0.25, 0.3) is 5.57 Å². The van der Waals surface area contributed by atoms with Gasteiger partial charge in [-0.05, 0) is 32.0 Å². The molecule has 1 aliphatic heterocycles. The number of nitrogens with one attached hydrogen (secondary N) is 2. The number of hydrogen-bond acceptors (Lipinski definition) is 6. The largest absolute Gasteiger partial charge is 0.472 e. The van der Waals surface area contributed by atoms with E-state index in [9.17, 15) is 9.59 Å². The van der Waals surface area contributed by atoms with E-state index in [-0.39, 0.29) is 5.56 Å². The molecule has 0 spiro atoms. The van der Waals surface area contributed by atoms with E-state index in [2.05, 4.69) is 20.3 Å². The van der Waals surface area contributed by atoms with Crippen LogP contribution in [0.4, 0.5) is 5.82 Å². The molecule has 4 N–H and O–H groups in total. The van der Waals surface area contributed by atoms with Crippen molar-refractivity contribution < 1.29 is 9.53 Å². The predicted molar refractivity (Wildman–Crippen MR) is 104 cm³/mol. The fraction of sp³-hybridized carbons (Fsp3) is 0.263. The van der Waals surface area contributed by atoms with E-state index in [1.807, 2.05) is 13.8 Å². The summed E-state index contributed by atoms with van der Waals surface area (Å²) in [5, 5.41) is 2.65. The Labute approximate surface area is 156 Å². The van der Waals surface area contributed by atoms with Crippen molar-refractivity contribution in [2.45, 2.75) is 25.9 Å². The fourth-order valence-electron chi connectivity index (χ4n) is 2.90. The number of H-pyrrole nitrogens is 1. The average Bonchev–Trinajstić information content (AvgIpc) is 2.91. The Balaban J connectivity index is 1.86. The summed E-state index contributed by atoms with van der Waals surface area (Å²) in [6, 6.07) is 6.68. The summed E-state index contributed by atoms with van der Waals surface area (Å²) in [5.41, 5.74) is 6.63. The second-order valence-electron chi connectivity index (χ2n) is 6.78. The molecule has 0 saturated heterocycles. The zero-order valence-electron chi connectivity index (χ0n) is 15.4. The van der Waals surface area contributed by atoms with Crippen LogP contribution in [0.5, 0.6) is 5.88 Å². The van der Waals surface area contributed by atoms with Crippen LogP contribution in [0.3, 0.4) is 0 Å². The van der Waals surface area contributed by atoms with Gasteiger partial charge in [-0.25, -0.2) is 4.98 Å². The Hall–Kier alpha value is -3.42. The van der Waals surface area contributed by atoms with Crippen LogP contribution in [0, 0.1) is 0 Å². The van der Waals surface area contributed by atoms with E-state index in [1.165, 1.54) is 6.20 Å². The van der Waals surface area contributed by atoms with E-state index in [4.69, 9.17) is 10.5 Å². The van der Waals surface area contributed by atoms with Crippen molar-refractivity contribution in [1.29, 1.82) is 0 Å². The molecular formula is C19H21N5O3. The average molecular weight is 367 g/mol. The van der Waals surface area contributed by atoms with E-state index in [1.54, 1.807) is 37.5 Å². The normalized spacial score (nSPS) is 15.4. The lowest BCUT2D eigenvalue weighted by molar-refractivity contribution is 0.102. The number of nitrogens with zero attached hydrogens (tertiary/aromatic N) is 2. The summed E-state index contributed by atoms with van der Waals surface area (Å²) in [7, 11) is 1.63. The lowest BCUT2D eigenvalue weighted by Crippen LogP contribution is -2.25. The predicted octanol–water partition coefficient (Wildman–Crippen LogP) is 1.74. The Morgan fingerprint density at radius 1 is 1.44 bits per heavy atom. The van der Waals surface area contributed by atoms with Gasteiger partial charge < -0.3 is 15.8 Å². The highest BCUT2D eigenvalue weighted by Crippen LogP contribution is 2.32. The maximum absolute atomic E-state index is 12.6. The summed E-state index contributed by atoms with van der Waals surface area (Å²) in [4.78, 5) is 35.8. The zero-order chi connectivity index (χ0) is 19.6. The standard InChI is InChI=1S/C19H21N5O3/c1-19(2)8-11-7-13(17(26)24-18(11)27-19)16(25)23-15-6-4-5-14(22-15)12(9-20)10-21-3/h4-7,9-10H,8,20H2,1-3H3,(H,24,26)(H,22,23,25)/b12-9+,21-10?. The Morgan fingerprint density at radius 2 is 2.22 bits per heavy atom. The minimum absolute atomic E-state index is 0.00645. The highest BCUT2D eigenvalue weighted by molar-refractivity contribution is 6.09. The summed E-state index contributed by atoms with van der Waals surface area (Å²) >= 11 is 0. The first-order valence-corrected chi connectivity index (χ1v) is 8.41. The van der Waals surface area contributed by atoms with Crippen molar-refractivity contribution in [3.8, 4) is 5.88 Å². The topological polar surface area (TPSA) is 122 Å². The Kier molecular flexibility index (Phi) is 4.81. The summed E-state index contributed by atoms with van der Waals surface area (Å²) in [6.07, 6.45) is 3.56. The van der Waals surface area contributed by atoms with Gasteiger partial charge in [0.15, 0.2) is 5.88 Å². The molecule has 8 nitrogen and oxygen atoms in total. The van der Waals surface area contributed by atoms with Crippen LogP contribution in [-0.2, 0) is 6.42 Å². The van der Waals surface area contributed by atoms with E-state index >= 15 is 0 Å². The number of ether oxygens (including phenoxy) is 1. The van der Waals surface area contributed by atoms with Gasteiger partial charge in [-0.1, -0.05) is 6.07 Å². The van der Waals surface area contributed by atoms with Gasteiger partial charge in [0.2, 0.25) is 0 Å². The molecule has 0 aliphatic carbocycles. The lowest BCUT2D eigenvalue weighted by atomic mass is 10.0. The number of fused-ring (bicyclic) bond motifs is 1. The van der Waals surface area contributed by atoms with Crippen LogP contribution in [0.1, 0.15) is 35.5 Å². The number of aromatic amines is 1. The number of anilines is 1. The van der Waals surface area contributed by atoms with Gasteiger partial charge in [0.25, 0.3) is 11.5 Å². The molecule has 3 rings (SSSR count). The summed E-state index contributed by atoms with van der Waals surface area (Å²) < 4.78 is 5.68. The van der Waals surface area contributed by atoms with Crippen LogP contribution in [-0.4, -0.2) is 34.7 Å². The van der Waals surface area contributed by atoms with Crippen LogP contribution >= 0.6 is 0 Å². The number of rotatable bonds is 4. The first kappa shape index (κ1) is 18.4. The molecule has 27 heavy (non-hydrogen) atoms. The van der Waals surface area contributed by atoms with Gasteiger partial charge >= 0.3 is 0 Å². The van der Waals surface area contributed by atoms with E-state index < -0.39 is 17.1 Å². The number of carbonyl (C=O) groups is 1. The third kappa shape index (κ3) is 3.89. The smallest absolute Gasteiger partial charge is 0.263 e. The Morgan fingerprint density at radius 3 is 2.93 bits per heavy atom. The highest BCUT2D eigenvalue weighted by atomic mass is 16.5. The van der Waals surface area contributed by atoms with Crippen LogP contribution in [0.15, 0.2) is 40.3 Å². The minimum Gasteiger partial charge on any atom is -0.472 e. The molecule has 0 unspecified atom stereocenters. The zero-order valence-corrected chi connectivity index (χ0v) is 15.4. The lowest BCUT2D eigenvalue weighted by Gasteiger charge is -2.16. The van der Waals surface area contributed by atoms with Gasteiger partial charge in [0, 0.05) is 37.0 Å². The third-order valence-electron chi connectivity index (χ3n) is 4.06. The van der Waals surface area contributed by atoms with Crippen molar-refractivity contribution >= 4 is 23.5 Å². The maximum atomic E-state index is 12.6. The maximum Gasteiger partial charge on any atom is 0.263 e. The molecule has 2 aromatic heterocycles. The molecule has 0 saturated carbocycles. The number of pyridine rings is 2. The number of aromatic nitrogens is 2. The Bertz CT molecular complexity index is 1000. The quantitative estimate of drug-likeness (QED) is 0.710. The van der Waals surface area contributed by atoms with E-state index in [0.29, 0.717) is 29.4 Å². The van der Waals surface area contributed by atoms with Crippen molar-refractivity contribution in [3.63, 3.8) is 0 Å². The summed E-state index contributed by atoms with van der Waals surface area (Å²) in [6.45, 7) is 3.84. The molecule has 0 bridgehead atoms. The molecule has 140 valence electrons. The molecule has 2 aromatic rings. The SMILES string of the molecule is CN=C/C(=C\N)c1cccc(NC(=O)c2cc3c([nH]c2=O)OC(C)(C)C3)n1. The first-order valence-electron chi connectivity index (χ1n) is 8.41. The monoisotopic (exact) mass is 367 g/mol. The molecule has 0 radical (unpaired) electrons. The number of carbonyl (C=O) groups excluding carboxylic acids is 1. The number of amides is 1. The number of hydrogen-bond donors (Lipinski definition) is 3. The second-order valence-corrected chi connectivity index (χ2v) is 6.78. The van der Waals surface area contributed by atoms with Crippen molar-refractivity contribution in [3.05, 3.63) is 57.6 Å². The third-order valence-corrected chi connectivity index (χ3v) is 4.06. The second kappa shape index (κ2) is 7.06. The van der Waals surface area contributed by atoms with Gasteiger partial charge in [-0.3, -0.25) is 19.6 Å². The van der Waals surface area contributed by atoms with Crippen LogP contribution < -0.4 is 21.3 Å². The highest BCUT2D eigenvalue weighted by Gasteiger charge is 2.32. The fourth-order valence-corrected chi connectivity index (χ4v) is 2.90. The van der Waals surface area contributed by atoms with Crippen molar-refractivity contribution in [1.82, 2.24) is 9.97 Å². The minimum atomic E-state index is -0.546. The molecule has 8 heteroatoms. The van der Waals surface area contributed by atoms with Gasteiger partial charge in [-0.2, -0.15) is 0 Å². The van der Waals surface area contributed by atoms with E-state index in [0.717, 1.165) is 5.56 Å². The molecule has 0 fully saturated rings. The van der Waals surface area contributed by atoms with Gasteiger partial charge in [0.05, 0.1) is 5.69 Å². The van der Waals surface area contributed by atoms with Crippen molar-refractivity contribution in [2.75, 3.05) is 12.4 Å². The first-order chi connectivity index (χ1) is 12.8. The number of aliphatic imine (C=N–C) groups is 1.